The SMILES string of the molecule is Cc1cc(CNc2cn[nH]c(=O)c2Br)no1. The molecule has 2 aromatic rings. The largest absolute Gasteiger partial charge is 0.377 e. The van der Waals surface area contributed by atoms with Crippen LogP contribution in [0.3, 0.4) is 0 Å². The predicted molar refractivity (Wildman–Crippen MR) is 61.1 cm³/mol. The zero-order valence-electron chi connectivity index (χ0n) is 8.45. The highest BCUT2D eigenvalue weighted by atomic mass is 79.9. The molecule has 0 amide bonds. The summed E-state index contributed by atoms with van der Waals surface area (Å²) in [5.74, 6) is 0.750. The summed E-state index contributed by atoms with van der Waals surface area (Å²) >= 11 is 3.17. The van der Waals surface area contributed by atoms with Gasteiger partial charge in [-0.15, -0.1) is 0 Å². The first-order chi connectivity index (χ1) is 7.66. The molecule has 0 fully saturated rings. The second-order valence-electron chi connectivity index (χ2n) is 3.21. The highest BCUT2D eigenvalue weighted by Gasteiger charge is 2.05. The van der Waals surface area contributed by atoms with E-state index in [1.807, 2.05) is 13.0 Å². The third-order valence-electron chi connectivity index (χ3n) is 1.93. The number of nitrogens with one attached hydrogen (secondary N) is 2. The second kappa shape index (κ2) is 4.48. The van der Waals surface area contributed by atoms with Crippen molar-refractivity contribution in [1.82, 2.24) is 15.4 Å². The van der Waals surface area contributed by atoms with Crippen LogP contribution in [0.4, 0.5) is 5.69 Å². The van der Waals surface area contributed by atoms with Gasteiger partial charge in [0.05, 0.1) is 18.4 Å². The third-order valence-corrected chi connectivity index (χ3v) is 2.72. The molecule has 0 spiro atoms. The monoisotopic (exact) mass is 284 g/mol. The van der Waals surface area contributed by atoms with E-state index in [4.69, 9.17) is 4.52 Å². The average molecular weight is 285 g/mol. The molecular weight excluding hydrogens is 276 g/mol. The van der Waals surface area contributed by atoms with Gasteiger partial charge in [-0.2, -0.15) is 5.10 Å². The summed E-state index contributed by atoms with van der Waals surface area (Å²) in [6.45, 7) is 2.29. The highest BCUT2D eigenvalue weighted by Crippen LogP contribution is 2.16. The summed E-state index contributed by atoms with van der Waals surface area (Å²) in [7, 11) is 0. The van der Waals surface area contributed by atoms with Gasteiger partial charge < -0.3 is 9.84 Å². The van der Waals surface area contributed by atoms with Crippen LogP contribution in [0.2, 0.25) is 0 Å². The molecule has 84 valence electrons. The molecule has 2 N–H and O–H groups in total. The zero-order chi connectivity index (χ0) is 11.5. The fourth-order valence-electron chi connectivity index (χ4n) is 1.19. The summed E-state index contributed by atoms with van der Waals surface area (Å²) in [6, 6.07) is 1.82. The van der Waals surface area contributed by atoms with Crippen molar-refractivity contribution in [1.29, 1.82) is 0 Å². The van der Waals surface area contributed by atoms with Crippen molar-refractivity contribution in [3.8, 4) is 0 Å². The van der Waals surface area contributed by atoms with E-state index in [9.17, 15) is 4.79 Å². The van der Waals surface area contributed by atoms with E-state index in [1.165, 1.54) is 6.20 Å². The van der Waals surface area contributed by atoms with E-state index in [1.54, 1.807) is 0 Å². The Morgan fingerprint density at radius 1 is 1.62 bits per heavy atom. The summed E-state index contributed by atoms with van der Waals surface area (Å²) in [6.07, 6.45) is 1.53. The van der Waals surface area contributed by atoms with Gasteiger partial charge in [0, 0.05) is 6.07 Å². The Labute approximate surface area is 99.2 Å². The maximum absolute atomic E-state index is 11.2. The lowest BCUT2D eigenvalue weighted by Gasteiger charge is -2.03. The number of hydrogen-bond acceptors (Lipinski definition) is 5. The van der Waals surface area contributed by atoms with Gasteiger partial charge in [0.2, 0.25) is 0 Å². The van der Waals surface area contributed by atoms with Crippen LogP contribution in [0.25, 0.3) is 0 Å². The Kier molecular flexibility index (Phi) is 3.04. The van der Waals surface area contributed by atoms with Crippen LogP contribution in [-0.2, 0) is 6.54 Å². The number of rotatable bonds is 3. The molecule has 2 heterocycles. The maximum Gasteiger partial charge on any atom is 0.280 e. The lowest BCUT2D eigenvalue weighted by molar-refractivity contribution is 0.391. The van der Waals surface area contributed by atoms with E-state index < -0.39 is 0 Å². The molecule has 0 saturated heterocycles. The Morgan fingerprint density at radius 2 is 2.44 bits per heavy atom. The summed E-state index contributed by atoms with van der Waals surface area (Å²) in [4.78, 5) is 11.2. The quantitative estimate of drug-likeness (QED) is 0.891. The minimum Gasteiger partial charge on any atom is -0.377 e. The number of hydrogen-bond donors (Lipinski definition) is 2. The molecule has 2 aromatic heterocycles. The van der Waals surface area contributed by atoms with Crippen molar-refractivity contribution < 1.29 is 4.52 Å². The van der Waals surface area contributed by atoms with E-state index >= 15 is 0 Å². The summed E-state index contributed by atoms with van der Waals surface area (Å²) in [5, 5.41) is 12.9. The van der Waals surface area contributed by atoms with Crippen molar-refractivity contribution in [2.75, 3.05) is 5.32 Å². The molecule has 2 rings (SSSR count). The fraction of sp³-hybridized carbons (Fsp3) is 0.222. The maximum atomic E-state index is 11.2. The molecule has 16 heavy (non-hydrogen) atoms. The minimum atomic E-state index is -0.277. The van der Waals surface area contributed by atoms with E-state index in [-0.39, 0.29) is 5.56 Å². The standard InChI is InChI=1S/C9H9BrN4O2/c1-5-2-6(14-16-5)3-11-7-4-12-13-9(15)8(7)10/h2,4H,3H2,1H3,(H2,11,13,15). The third kappa shape index (κ3) is 2.30. The van der Waals surface area contributed by atoms with Crippen LogP contribution in [0.5, 0.6) is 0 Å². The van der Waals surface area contributed by atoms with Crippen LogP contribution in [-0.4, -0.2) is 15.4 Å². The van der Waals surface area contributed by atoms with Crippen LogP contribution < -0.4 is 10.9 Å². The number of anilines is 1. The number of nitrogens with zero attached hydrogens (tertiary/aromatic N) is 2. The Morgan fingerprint density at radius 3 is 3.12 bits per heavy atom. The normalized spacial score (nSPS) is 10.4. The Bertz CT molecular complexity index is 548. The zero-order valence-corrected chi connectivity index (χ0v) is 10.0. The van der Waals surface area contributed by atoms with E-state index in [0.29, 0.717) is 16.7 Å². The first-order valence-electron chi connectivity index (χ1n) is 4.56. The first-order valence-corrected chi connectivity index (χ1v) is 5.35. The van der Waals surface area contributed by atoms with Crippen LogP contribution >= 0.6 is 15.9 Å². The van der Waals surface area contributed by atoms with Gasteiger partial charge in [-0.1, -0.05) is 5.16 Å². The van der Waals surface area contributed by atoms with Crippen molar-refractivity contribution in [3.05, 3.63) is 38.5 Å². The van der Waals surface area contributed by atoms with Gasteiger partial charge in [-0.05, 0) is 22.9 Å². The molecule has 0 aliphatic carbocycles. The van der Waals surface area contributed by atoms with Gasteiger partial charge in [-0.3, -0.25) is 4.79 Å². The van der Waals surface area contributed by atoms with Crippen molar-refractivity contribution >= 4 is 21.6 Å². The molecule has 7 heteroatoms. The highest BCUT2D eigenvalue weighted by molar-refractivity contribution is 9.10. The van der Waals surface area contributed by atoms with Gasteiger partial charge >= 0.3 is 0 Å². The van der Waals surface area contributed by atoms with Crippen molar-refractivity contribution in [3.63, 3.8) is 0 Å². The summed E-state index contributed by atoms with van der Waals surface area (Å²) in [5.41, 5.74) is 1.11. The molecule has 0 aliphatic heterocycles. The molecule has 0 saturated carbocycles. The van der Waals surface area contributed by atoms with Crippen LogP contribution in [0.15, 0.2) is 26.1 Å². The molecule has 0 radical (unpaired) electrons. The number of aryl methyl sites for hydroxylation is 1. The van der Waals surface area contributed by atoms with Crippen molar-refractivity contribution in [2.45, 2.75) is 13.5 Å². The molecule has 0 unspecified atom stereocenters. The Hall–Kier alpha value is -1.63. The number of aromatic nitrogens is 3. The Balaban J connectivity index is 2.10. The van der Waals surface area contributed by atoms with Crippen LogP contribution in [0, 0.1) is 6.92 Å². The lowest BCUT2D eigenvalue weighted by Crippen LogP contribution is -2.12. The van der Waals surface area contributed by atoms with Gasteiger partial charge in [-0.25, -0.2) is 5.10 Å². The van der Waals surface area contributed by atoms with E-state index in [2.05, 4.69) is 36.6 Å². The van der Waals surface area contributed by atoms with Gasteiger partial charge in [0.25, 0.3) is 5.56 Å². The lowest BCUT2D eigenvalue weighted by atomic mass is 10.3. The smallest absolute Gasteiger partial charge is 0.280 e. The number of aromatic amines is 1. The fourth-order valence-corrected chi connectivity index (χ4v) is 1.53. The first kappa shape index (κ1) is 10.9. The molecule has 0 bridgehead atoms. The van der Waals surface area contributed by atoms with Crippen LogP contribution in [0.1, 0.15) is 11.5 Å². The minimum absolute atomic E-state index is 0.277. The second-order valence-corrected chi connectivity index (χ2v) is 4.00. The number of halogens is 1. The molecule has 6 nitrogen and oxygen atoms in total. The molecular formula is C9H9BrN4O2. The van der Waals surface area contributed by atoms with Gasteiger partial charge in [0.15, 0.2) is 0 Å². The van der Waals surface area contributed by atoms with Crippen molar-refractivity contribution in [2.24, 2.45) is 0 Å². The van der Waals surface area contributed by atoms with E-state index in [0.717, 1.165) is 11.5 Å². The summed E-state index contributed by atoms with van der Waals surface area (Å²) < 4.78 is 5.34. The molecule has 0 aromatic carbocycles. The predicted octanol–water partition coefficient (Wildman–Crippen LogP) is 1.44. The van der Waals surface area contributed by atoms with Gasteiger partial charge in [0.1, 0.15) is 15.9 Å². The number of H-pyrrole nitrogens is 1. The molecule has 0 atom stereocenters. The average Bonchev–Trinajstić information content (AvgIpc) is 2.67. The topological polar surface area (TPSA) is 83.8 Å². The molecule has 0 aliphatic rings.